The molecule has 0 spiro atoms. The second-order valence-electron chi connectivity index (χ2n) is 4.32. The van der Waals surface area contributed by atoms with Crippen LogP contribution in [0.25, 0.3) is 0 Å². The van der Waals surface area contributed by atoms with Crippen molar-refractivity contribution in [2.24, 2.45) is 0 Å². The van der Waals surface area contributed by atoms with Gasteiger partial charge in [-0.2, -0.15) is 0 Å². The molecular weight excluding hydrogens is 220 g/mol. The second-order valence-corrected chi connectivity index (χ2v) is 5.49. The van der Waals surface area contributed by atoms with Gasteiger partial charge < -0.3 is 10.1 Å². The van der Waals surface area contributed by atoms with Crippen molar-refractivity contribution in [1.82, 2.24) is 10.3 Å². The number of ether oxygens (including phenoxy) is 1. The Morgan fingerprint density at radius 3 is 3.00 bits per heavy atom. The first-order valence-electron chi connectivity index (χ1n) is 6.06. The number of thiazole rings is 1. The van der Waals surface area contributed by atoms with Gasteiger partial charge in [0, 0.05) is 24.1 Å². The highest BCUT2D eigenvalue weighted by atomic mass is 32.1. The second kappa shape index (κ2) is 5.75. The molecule has 1 aromatic heterocycles. The van der Waals surface area contributed by atoms with E-state index in [1.165, 1.54) is 17.7 Å². The maximum atomic E-state index is 5.50. The van der Waals surface area contributed by atoms with Gasteiger partial charge >= 0.3 is 0 Å². The van der Waals surface area contributed by atoms with E-state index in [0.717, 1.165) is 36.3 Å². The number of aromatic nitrogens is 1. The molecule has 0 radical (unpaired) electrons. The van der Waals surface area contributed by atoms with Crippen LogP contribution in [0.3, 0.4) is 0 Å². The van der Waals surface area contributed by atoms with Crippen LogP contribution >= 0.6 is 11.3 Å². The zero-order chi connectivity index (χ0) is 11.4. The van der Waals surface area contributed by atoms with Gasteiger partial charge in [-0.25, -0.2) is 4.98 Å². The van der Waals surface area contributed by atoms with Gasteiger partial charge in [0.1, 0.15) is 5.01 Å². The molecule has 1 fully saturated rings. The third-order valence-electron chi connectivity index (χ3n) is 2.64. The van der Waals surface area contributed by atoms with E-state index < -0.39 is 0 Å². The summed E-state index contributed by atoms with van der Waals surface area (Å²) in [5.41, 5.74) is 1.16. The third-order valence-corrected chi connectivity index (χ3v) is 3.77. The molecule has 4 heteroatoms. The van der Waals surface area contributed by atoms with E-state index in [1.54, 1.807) is 11.3 Å². The van der Waals surface area contributed by atoms with Crippen LogP contribution in [0.15, 0.2) is 0 Å². The predicted octanol–water partition coefficient (Wildman–Crippen LogP) is 2.63. The summed E-state index contributed by atoms with van der Waals surface area (Å²) in [6.45, 7) is 6.68. The molecule has 1 aromatic rings. The van der Waals surface area contributed by atoms with Gasteiger partial charge in [-0.15, -0.1) is 11.3 Å². The molecule has 1 heterocycles. The molecule has 0 aromatic carbocycles. The van der Waals surface area contributed by atoms with Crippen LogP contribution < -0.4 is 5.32 Å². The van der Waals surface area contributed by atoms with Crippen LogP contribution in [0.4, 0.5) is 0 Å². The van der Waals surface area contributed by atoms with E-state index in [2.05, 4.69) is 24.1 Å². The Morgan fingerprint density at radius 1 is 1.50 bits per heavy atom. The molecule has 3 nitrogen and oxygen atoms in total. The lowest BCUT2D eigenvalue weighted by molar-refractivity contribution is 0.121. The van der Waals surface area contributed by atoms with Gasteiger partial charge in [0.25, 0.3) is 0 Å². The Hall–Kier alpha value is -0.450. The molecule has 0 unspecified atom stereocenters. The molecule has 2 rings (SSSR count). The molecule has 1 aliphatic rings. The average molecular weight is 240 g/mol. The Bertz CT molecular complexity index is 334. The van der Waals surface area contributed by atoms with E-state index in [-0.39, 0.29) is 0 Å². The summed E-state index contributed by atoms with van der Waals surface area (Å²) in [6, 6.07) is 0.765. The fraction of sp³-hybridized carbons (Fsp3) is 0.750. The van der Waals surface area contributed by atoms with Gasteiger partial charge in [0.05, 0.1) is 12.3 Å². The van der Waals surface area contributed by atoms with E-state index in [1.807, 2.05) is 0 Å². The standard InChI is InChI=1S/C12H20N2OS/c1-3-6-15-8-12-14-9(2)11(16-12)7-13-10-4-5-10/h10,13H,3-8H2,1-2H3. The lowest BCUT2D eigenvalue weighted by atomic mass is 10.4. The quantitative estimate of drug-likeness (QED) is 0.744. The van der Waals surface area contributed by atoms with Crippen molar-refractivity contribution < 1.29 is 4.74 Å². The van der Waals surface area contributed by atoms with Gasteiger partial charge in [0.2, 0.25) is 0 Å². The summed E-state index contributed by atoms with van der Waals surface area (Å²) in [4.78, 5) is 5.90. The SMILES string of the molecule is CCCOCc1nc(C)c(CNC2CC2)s1. The van der Waals surface area contributed by atoms with Crippen LogP contribution in [0.5, 0.6) is 0 Å². The topological polar surface area (TPSA) is 34.1 Å². The maximum Gasteiger partial charge on any atom is 0.119 e. The van der Waals surface area contributed by atoms with Crippen LogP contribution in [0.2, 0.25) is 0 Å². The highest BCUT2D eigenvalue weighted by Crippen LogP contribution is 2.22. The summed E-state index contributed by atoms with van der Waals surface area (Å²) in [7, 11) is 0. The van der Waals surface area contributed by atoms with Gasteiger partial charge in [-0.05, 0) is 26.2 Å². The van der Waals surface area contributed by atoms with E-state index >= 15 is 0 Å². The van der Waals surface area contributed by atoms with Crippen LogP contribution in [0, 0.1) is 6.92 Å². The molecule has 16 heavy (non-hydrogen) atoms. The first-order valence-corrected chi connectivity index (χ1v) is 6.87. The van der Waals surface area contributed by atoms with E-state index in [9.17, 15) is 0 Å². The zero-order valence-corrected chi connectivity index (χ0v) is 10.9. The molecule has 0 bridgehead atoms. The largest absolute Gasteiger partial charge is 0.374 e. The van der Waals surface area contributed by atoms with Gasteiger partial charge in [-0.1, -0.05) is 6.92 Å². The van der Waals surface area contributed by atoms with Crippen LogP contribution in [-0.2, 0) is 17.9 Å². The van der Waals surface area contributed by atoms with Crippen molar-refractivity contribution in [2.45, 2.75) is 52.3 Å². The Kier molecular flexibility index (Phi) is 4.32. The lowest BCUT2D eigenvalue weighted by Crippen LogP contribution is -2.14. The molecule has 1 saturated carbocycles. The van der Waals surface area contributed by atoms with Crippen molar-refractivity contribution in [3.05, 3.63) is 15.6 Å². The van der Waals surface area contributed by atoms with E-state index in [0.29, 0.717) is 6.61 Å². The van der Waals surface area contributed by atoms with Gasteiger partial charge in [-0.3, -0.25) is 0 Å². The fourth-order valence-corrected chi connectivity index (χ4v) is 2.50. The third kappa shape index (κ3) is 3.54. The first kappa shape index (κ1) is 12.0. The predicted molar refractivity (Wildman–Crippen MR) is 66.7 cm³/mol. The Morgan fingerprint density at radius 2 is 2.31 bits per heavy atom. The molecule has 0 amide bonds. The van der Waals surface area contributed by atoms with Crippen molar-refractivity contribution in [1.29, 1.82) is 0 Å². The van der Waals surface area contributed by atoms with E-state index in [4.69, 9.17) is 4.74 Å². The minimum Gasteiger partial charge on any atom is -0.374 e. The van der Waals surface area contributed by atoms with Gasteiger partial charge in [0.15, 0.2) is 0 Å². The fourth-order valence-electron chi connectivity index (χ4n) is 1.54. The Balaban J connectivity index is 1.81. The highest BCUT2D eigenvalue weighted by Gasteiger charge is 2.20. The normalized spacial score (nSPS) is 15.6. The molecular formula is C12H20N2OS. The average Bonchev–Trinajstić information content (AvgIpc) is 3.02. The number of nitrogens with zero attached hydrogens (tertiary/aromatic N) is 1. The van der Waals surface area contributed by atoms with Crippen molar-refractivity contribution in [3.8, 4) is 0 Å². The van der Waals surface area contributed by atoms with Crippen LogP contribution in [-0.4, -0.2) is 17.6 Å². The summed E-state index contributed by atoms with van der Waals surface area (Å²) >= 11 is 1.78. The van der Waals surface area contributed by atoms with Crippen molar-refractivity contribution in [3.63, 3.8) is 0 Å². The number of rotatable bonds is 7. The number of hydrogen-bond acceptors (Lipinski definition) is 4. The minimum absolute atomic E-state index is 0.669. The van der Waals surface area contributed by atoms with Crippen molar-refractivity contribution in [2.75, 3.05) is 6.61 Å². The smallest absolute Gasteiger partial charge is 0.119 e. The first-order chi connectivity index (χ1) is 7.79. The molecule has 0 atom stereocenters. The number of nitrogens with one attached hydrogen (secondary N) is 1. The summed E-state index contributed by atoms with van der Waals surface area (Å²) < 4.78 is 5.50. The number of hydrogen-bond donors (Lipinski definition) is 1. The maximum absolute atomic E-state index is 5.50. The number of aryl methyl sites for hydroxylation is 1. The zero-order valence-electron chi connectivity index (χ0n) is 10.1. The highest BCUT2D eigenvalue weighted by molar-refractivity contribution is 7.11. The lowest BCUT2D eigenvalue weighted by Gasteiger charge is -1.99. The molecule has 0 aliphatic heterocycles. The summed E-state index contributed by atoms with van der Waals surface area (Å²) in [5.74, 6) is 0. The van der Waals surface area contributed by atoms with Crippen molar-refractivity contribution >= 4 is 11.3 Å². The van der Waals surface area contributed by atoms with Crippen LogP contribution in [0.1, 0.15) is 41.8 Å². The summed E-state index contributed by atoms with van der Waals surface area (Å²) in [5, 5.41) is 4.63. The molecule has 90 valence electrons. The minimum atomic E-state index is 0.669. The molecule has 1 aliphatic carbocycles. The Labute approximate surface area is 101 Å². The molecule has 1 N–H and O–H groups in total. The monoisotopic (exact) mass is 240 g/mol. The summed E-state index contributed by atoms with van der Waals surface area (Å²) in [6.07, 6.45) is 3.75. The molecule has 0 saturated heterocycles.